The average Bonchev–Trinajstić information content (AvgIpc) is 2.86. The molecule has 0 amide bonds. The summed E-state index contributed by atoms with van der Waals surface area (Å²) in [6.07, 6.45) is 9.31. The van der Waals surface area contributed by atoms with Gasteiger partial charge in [-0.25, -0.2) is 4.79 Å². The second-order valence-electron chi connectivity index (χ2n) is 8.07. The topological polar surface area (TPSA) is 35.5 Å². The van der Waals surface area contributed by atoms with E-state index >= 15 is 0 Å². The van der Waals surface area contributed by atoms with Crippen molar-refractivity contribution in [1.29, 1.82) is 0 Å². The van der Waals surface area contributed by atoms with Crippen molar-refractivity contribution >= 4 is 5.97 Å². The molecule has 0 spiro atoms. The maximum atomic E-state index is 11.8. The van der Waals surface area contributed by atoms with Gasteiger partial charge in [-0.05, 0) is 48.2 Å². The zero-order valence-electron chi connectivity index (χ0n) is 18.9. The number of benzene rings is 3. The lowest BCUT2D eigenvalue weighted by molar-refractivity contribution is 0.0497. The lowest BCUT2D eigenvalue weighted by atomic mass is 10.1. The highest BCUT2D eigenvalue weighted by atomic mass is 16.5. The molecule has 0 saturated heterocycles. The van der Waals surface area contributed by atoms with Gasteiger partial charge >= 0.3 is 5.97 Å². The second-order valence-corrected chi connectivity index (χ2v) is 8.07. The van der Waals surface area contributed by atoms with Gasteiger partial charge in [-0.3, -0.25) is 0 Å². The molecule has 0 atom stereocenters. The fraction of sp³-hybridized carbons (Fsp3) is 0.345. The van der Waals surface area contributed by atoms with E-state index < -0.39 is 0 Å². The fourth-order valence-electron chi connectivity index (χ4n) is 3.65. The third-order valence-corrected chi connectivity index (χ3v) is 5.51. The first-order valence-electron chi connectivity index (χ1n) is 11.8. The molecule has 0 saturated carbocycles. The van der Waals surface area contributed by atoms with E-state index in [9.17, 15) is 4.79 Å². The molecule has 0 bridgehead atoms. The minimum atomic E-state index is -0.222. The summed E-state index contributed by atoms with van der Waals surface area (Å²) in [5.74, 6) is 0.720. The maximum absolute atomic E-state index is 11.8. The Kier molecular flexibility index (Phi) is 10.4. The minimum absolute atomic E-state index is 0.222. The predicted molar refractivity (Wildman–Crippen MR) is 131 cm³/mol. The minimum Gasteiger partial charge on any atom is -0.494 e. The number of rotatable bonds is 14. The van der Waals surface area contributed by atoms with Crippen molar-refractivity contribution in [2.24, 2.45) is 0 Å². The number of carbonyl (C=O) groups excluding carboxylic acids is 1. The SMILES string of the molecule is O=C(OCCCCCCCCCCOc1ccc(-c2ccccc2)cc1)c1ccccc1. The van der Waals surface area contributed by atoms with Crippen LogP contribution in [0.2, 0.25) is 0 Å². The highest BCUT2D eigenvalue weighted by Gasteiger charge is 2.05. The molecule has 3 nitrogen and oxygen atoms in total. The first-order chi connectivity index (χ1) is 15.8. The Bertz CT molecular complexity index is 889. The van der Waals surface area contributed by atoms with Gasteiger partial charge in [0.25, 0.3) is 0 Å². The highest BCUT2D eigenvalue weighted by molar-refractivity contribution is 5.89. The number of ether oxygens (including phenoxy) is 2. The summed E-state index contributed by atoms with van der Waals surface area (Å²) in [6, 6.07) is 27.9. The summed E-state index contributed by atoms with van der Waals surface area (Å²) in [5, 5.41) is 0. The standard InChI is InChI=1S/C29H34O3/c30-29(27-17-11-8-12-18-27)32-24-14-6-4-2-1-3-5-13-23-31-28-21-19-26(20-22-28)25-15-9-7-10-16-25/h7-12,15-22H,1-6,13-14,23-24H2. The van der Waals surface area contributed by atoms with Crippen LogP contribution in [-0.2, 0) is 4.74 Å². The number of carbonyl (C=O) groups is 1. The zero-order valence-corrected chi connectivity index (χ0v) is 18.9. The molecule has 0 unspecified atom stereocenters. The van der Waals surface area contributed by atoms with E-state index in [0.29, 0.717) is 12.2 Å². The van der Waals surface area contributed by atoms with Gasteiger partial charge in [0, 0.05) is 0 Å². The van der Waals surface area contributed by atoms with Gasteiger partial charge in [-0.2, -0.15) is 0 Å². The number of esters is 1. The summed E-state index contributed by atoms with van der Waals surface area (Å²) in [5.41, 5.74) is 3.07. The monoisotopic (exact) mass is 430 g/mol. The van der Waals surface area contributed by atoms with E-state index in [1.54, 1.807) is 12.1 Å². The first kappa shape index (κ1) is 23.6. The fourth-order valence-corrected chi connectivity index (χ4v) is 3.65. The molecule has 3 aromatic carbocycles. The molecular weight excluding hydrogens is 396 g/mol. The zero-order chi connectivity index (χ0) is 22.3. The molecule has 0 radical (unpaired) electrons. The van der Waals surface area contributed by atoms with E-state index in [2.05, 4.69) is 48.5 Å². The van der Waals surface area contributed by atoms with Crippen molar-refractivity contribution in [3.8, 4) is 16.9 Å². The van der Waals surface area contributed by atoms with Crippen LogP contribution in [-0.4, -0.2) is 19.2 Å². The lowest BCUT2D eigenvalue weighted by Gasteiger charge is -2.08. The maximum Gasteiger partial charge on any atom is 0.338 e. The lowest BCUT2D eigenvalue weighted by Crippen LogP contribution is -2.06. The normalized spacial score (nSPS) is 10.6. The molecule has 0 aliphatic heterocycles. The van der Waals surface area contributed by atoms with Crippen molar-refractivity contribution in [3.05, 3.63) is 90.5 Å². The van der Waals surface area contributed by atoms with Crippen LogP contribution < -0.4 is 4.74 Å². The molecule has 0 aliphatic rings. The third-order valence-electron chi connectivity index (χ3n) is 5.51. The average molecular weight is 431 g/mol. The molecule has 168 valence electrons. The second kappa shape index (κ2) is 14.1. The highest BCUT2D eigenvalue weighted by Crippen LogP contribution is 2.22. The quantitative estimate of drug-likeness (QED) is 0.194. The van der Waals surface area contributed by atoms with E-state index in [1.807, 2.05) is 24.3 Å². The third kappa shape index (κ3) is 8.58. The van der Waals surface area contributed by atoms with Gasteiger partial charge in [0.2, 0.25) is 0 Å². The number of hydrogen-bond donors (Lipinski definition) is 0. The van der Waals surface area contributed by atoms with Crippen molar-refractivity contribution < 1.29 is 14.3 Å². The Labute approximate surface area is 192 Å². The molecule has 0 aromatic heterocycles. The van der Waals surface area contributed by atoms with Crippen LogP contribution >= 0.6 is 0 Å². The first-order valence-corrected chi connectivity index (χ1v) is 11.8. The number of unbranched alkanes of at least 4 members (excludes halogenated alkanes) is 7. The van der Waals surface area contributed by atoms with E-state index in [-0.39, 0.29) is 5.97 Å². The predicted octanol–water partition coefficient (Wildman–Crippen LogP) is 7.71. The van der Waals surface area contributed by atoms with Crippen molar-refractivity contribution in [1.82, 2.24) is 0 Å². The van der Waals surface area contributed by atoms with Crippen molar-refractivity contribution in [2.45, 2.75) is 51.4 Å². The summed E-state index contributed by atoms with van der Waals surface area (Å²) in [6.45, 7) is 1.29. The van der Waals surface area contributed by atoms with E-state index in [1.165, 1.54) is 43.2 Å². The summed E-state index contributed by atoms with van der Waals surface area (Å²) >= 11 is 0. The molecule has 32 heavy (non-hydrogen) atoms. The molecule has 3 heteroatoms. The van der Waals surface area contributed by atoms with Crippen molar-refractivity contribution in [3.63, 3.8) is 0 Å². The molecule has 0 aliphatic carbocycles. The molecule has 0 heterocycles. The van der Waals surface area contributed by atoms with Gasteiger partial charge in [0.05, 0.1) is 18.8 Å². The van der Waals surface area contributed by atoms with Crippen LogP contribution in [0, 0.1) is 0 Å². The molecule has 0 N–H and O–H groups in total. The Morgan fingerprint density at radius 3 is 1.66 bits per heavy atom. The number of hydrogen-bond acceptors (Lipinski definition) is 3. The van der Waals surface area contributed by atoms with E-state index in [4.69, 9.17) is 9.47 Å². The van der Waals surface area contributed by atoms with Crippen LogP contribution in [0.25, 0.3) is 11.1 Å². The van der Waals surface area contributed by atoms with Gasteiger partial charge in [-0.15, -0.1) is 0 Å². The Morgan fingerprint density at radius 1 is 0.531 bits per heavy atom. The van der Waals surface area contributed by atoms with Gasteiger partial charge in [-0.1, -0.05) is 99.2 Å². The van der Waals surface area contributed by atoms with Crippen LogP contribution in [0.1, 0.15) is 61.7 Å². The van der Waals surface area contributed by atoms with Crippen LogP contribution in [0.3, 0.4) is 0 Å². The van der Waals surface area contributed by atoms with Crippen molar-refractivity contribution in [2.75, 3.05) is 13.2 Å². The Hall–Kier alpha value is -3.07. The smallest absolute Gasteiger partial charge is 0.338 e. The van der Waals surface area contributed by atoms with Crippen LogP contribution in [0.15, 0.2) is 84.9 Å². The van der Waals surface area contributed by atoms with Crippen LogP contribution in [0.5, 0.6) is 5.75 Å². The summed E-state index contributed by atoms with van der Waals surface area (Å²) < 4.78 is 11.2. The molecular formula is C29H34O3. The van der Waals surface area contributed by atoms with Gasteiger partial charge in [0.15, 0.2) is 0 Å². The summed E-state index contributed by atoms with van der Waals surface area (Å²) in [7, 11) is 0. The summed E-state index contributed by atoms with van der Waals surface area (Å²) in [4.78, 5) is 11.8. The molecule has 3 aromatic rings. The Balaban J connectivity index is 1.14. The molecule has 3 rings (SSSR count). The largest absolute Gasteiger partial charge is 0.494 e. The van der Waals surface area contributed by atoms with Gasteiger partial charge in [0.1, 0.15) is 5.75 Å². The van der Waals surface area contributed by atoms with Crippen LogP contribution in [0.4, 0.5) is 0 Å². The Morgan fingerprint density at radius 2 is 1.03 bits per heavy atom. The van der Waals surface area contributed by atoms with Gasteiger partial charge < -0.3 is 9.47 Å². The molecule has 0 fully saturated rings. The van der Waals surface area contributed by atoms with E-state index in [0.717, 1.165) is 31.6 Å².